The Bertz CT molecular complexity index is 854. The average Bonchev–Trinajstić information content (AvgIpc) is 2.76. The zero-order valence-corrected chi connectivity index (χ0v) is 14.0. The molecule has 0 aliphatic carbocycles. The highest BCUT2D eigenvalue weighted by Gasteiger charge is 2.14. The Labute approximate surface area is 137 Å². The Balaban J connectivity index is 1.95. The van der Waals surface area contributed by atoms with Gasteiger partial charge in [0, 0.05) is 15.4 Å². The second kappa shape index (κ2) is 5.79. The molecule has 1 unspecified atom stereocenters. The van der Waals surface area contributed by atoms with Gasteiger partial charge in [0.15, 0.2) is 0 Å². The molecule has 6 heteroatoms. The second-order valence-corrected chi connectivity index (χ2v) is 6.62. The molecule has 0 radical (unpaired) electrons. The van der Waals surface area contributed by atoms with E-state index in [0.29, 0.717) is 17.5 Å². The standard InChI is InChI=1S/C15H12Br2N2O2/c16-9-3-1-2-8(4-9)5-14(20)10-6-12-13(7-11(10)17)19-15(21)18-12/h1-4,6-7,14,20H,5H2,(H2,18,19,21). The van der Waals surface area contributed by atoms with Gasteiger partial charge in [0.05, 0.1) is 17.1 Å². The van der Waals surface area contributed by atoms with Gasteiger partial charge in [-0.3, -0.25) is 0 Å². The maximum Gasteiger partial charge on any atom is 0.323 e. The van der Waals surface area contributed by atoms with Crippen LogP contribution in [-0.2, 0) is 6.42 Å². The van der Waals surface area contributed by atoms with E-state index in [1.807, 2.05) is 24.3 Å². The van der Waals surface area contributed by atoms with Crippen molar-refractivity contribution in [1.29, 1.82) is 0 Å². The predicted molar refractivity (Wildman–Crippen MR) is 89.4 cm³/mol. The molecule has 0 spiro atoms. The summed E-state index contributed by atoms with van der Waals surface area (Å²) < 4.78 is 1.75. The number of aliphatic hydroxyl groups excluding tert-OH is 1. The Morgan fingerprint density at radius 3 is 2.52 bits per heavy atom. The first-order valence-corrected chi connectivity index (χ1v) is 7.95. The van der Waals surface area contributed by atoms with Crippen molar-refractivity contribution >= 4 is 42.9 Å². The molecule has 0 bridgehead atoms. The molecule has 0 amide bonds. The highest BCUT2D eigenvalue weighted by Crippen LogP contribution is 2.29. The molecule has 3 N–H and O–H groups in total. The summed E-state index contributed by atoms with van der Waals surface area (Å²) in [5.74, 6) is 0. The molecule has 1 heterocycles. The van der Waals surface area contributed by atoms with E-state index in [1.54, 1.807) is 12.1 Å². The van der Waals surface area contributed by atoms with Crippen LogP contribution in [0, 0.1) is 0 Å². The van der Waals surface area contributed by atoms with Crippen molar-refractivity contribution in [2.75, 3.05) is 0 Å². The Morgan fingerprint density at radius 2 is 1.81 bits per heavy atom. The number of nitrogens with one attached hydrogen (secondary N) is 2. The first-order chi connectivity index (χ1) is 10.0. The fraction of sp³-hybridized carbons (Fsp3) is 0.133. The molecule has 1 aromatic heterocycles. The van der Waals surface area contributed by atoms with E-state index in [0.717, 1.165) is 20.1 Å². The minimum Gasteiger partial charge on any atom is -0.388 e. The lowest BCUT2D eigenvalue weighted by Gasteiger charge is -2.13. The van der Waals surface area contributed by atoms with Crippen LogP contribution in [0.15, 0.2) is 50.1 Å². The highest BCUT2D eigenvalue weighted by atomic mass is 79.9. The van der Waals surface area contributed by atoms with Gasteiger partial charge < -0.3 is 15.1 Å². The maximum atomic E-state index is 11.3. The van der Waals surface area contributed by atoms with Crippen molar-refractivity contribution in [3.05, 3.63) is 67.0 Å². The van der Waals surface area contributed by atoms with Gasteiger partial charge in [0.2, 0.25) is 0 Å². The number of hydrogen-bond donors (Lipinski definition) is 3. The molecule has 0 aliphatic rings. The summed E-state index contributed by atoms with van der Waals surface area (Å²) in [5.41, 5.74) is 2.93. The molecule has 21 heavy (non-hydrogen) atoms. The summed E-state index contributed by atoms with van der Waals surface area (Å²) in [6.07, 6.45) is -0.158. The van der Waals surface area contributed by atoms with Gasteiger partial charge in [-0.05, 0) is 35.4 Å². The molecule has 4 nitrogen and oxygen atoms in total. The number of fused-ring (bicyclic) bond motifs is 1. The third kappa shape index (κ3) is 3.12. The molecular weight excluding hydrogens is 400 g/mol. The lowest BCUT2D eigenvalue weighted by Crippen LogP contribution is -2.03. The Kier molecular flexibility index (Phi) is 4.01. The van der Waals surface area contributed by atoms with Crippen molar-refractivity contribution < 1.29 is 5.11 Å². The Morgan fingerprint density at radius 1 is 1.10 bits per heavy atom. The largest absolute Gasteiger partial charge is 0.388 e. The quantitative estimate of drug-likeness (QED) is 0.615. The van der Waals surface area contributed by atoms with Crippen LogP contribution < -0.4 is 5.69 Å². The summed E-state index contributed by atoms with van der Waals surface area (Å²) in [7, 11) is 0. The lowest BCUT2D eigenvalue weighted by molar-refractivity contribution is 0.178. The van der Waals surface area contributed by atoms with Crippen LogP contribution in [0.2, 0.25) is 0 Å². The average molecular weight is 412 g/mol. The molecule has 0 aliphatic heterocycles. The molecule has 3 aromatic rings. The Hall–Kier alpha value is -1.37. The summed E-state index contributed by atoms with van der Waals surface area (Å²) >= 11 is 6.87. The number of H-pyrrole nitrogens is 2. The van der Waals surface area contributed by atoms with Gasteiger partial charge in [0.25, 0.3) is 0 Å². The van der Waals surface area contributed by atoms with Gasteiger partial charge in [-0.25, -0.2) is 4.79 Å². The molecule has 1 atom stereocenters. The monoisotopic (exact) mass is 410 g/mol. The van der Waals surface area contributed by atoms with E-state index >= 15 is 0 Å². The zero-order valence-electron chi connectivity index (χ0n) is 10.9. The van der Waals surface area contributed by atoms with E-state index < -0.39 is 6.10 Å². The van der Waals surface area contributed by atoms with Gasteiger partial charge in [-0.15, -0.1) is 0 Å². The van der Waals surface area contributed by atoms with Crippen LogP contribution >= 0.6 is 31.9 Å². The SMILES string of the molecule is O=c1[nH]c2cc(Br)c(C(O)Cc3cccc(Br)c3)cc2[nH]1. The third-order valence-corrected chi connectivity index (χ3v) is 4.49. The van der Waals surface area contributed by atoms with E-state index in [4.69, 9.17) is 0 Å². The van der Waals surface area contributed by atoms with E-state index in [-0.39, 0.29) is 5.69 Å². The number of hydrogen-bond acceptors (Lipinski definition) is 2. The van der Waals surface area contributed by atoms with Crippen LogP contribution in [0.3, 0.4) is 0 Å². The van der Waals surface area contributed by atoms with Gasteiger partial charge in [0.1, 0.15) is 0 Å². The van der Waals surface area contributed by atoms with Gasteiger partial charge >= 0.3 is 5.69 Å². The molecule has 0 fully saturated rings. The van der Waals surface area contributed by atoms with Crippen molar-refractivity contribution in [2.45, 2.75) is 12.5 Å². The smallest absolute Gasteiger partial charge is 0.323 e. The minimum absolute atomic E-state index is 0.254. The number of rotatable bonds is 3. The third-order valence-electron chi connectivity index (χ3n) is 3.31. The number of halogens is 2. The number of imidazole rings is 1. The van der Waals surface area contributed by atoms with Crippen LogP contribution in [0.5, 0.6) is 0 Å². The van der Waals surface area contributed by atoms with Crippen LogP contribution in [0.25, 0.3) is 11.0 Å². The van der Waals surface area contributed by atoms with E-state index in [1.165, 1.54) is 0 Å². The first-order valence-electron chi connectivity index (χ1n) is 6.37. The molecule has 0 saturated heterocycles. The molecule has 0 saturated carbocycles. The topological polar surface area (TPSA) is 68.9 Å². The van der Waals surface area contributed by atoms with E-state index in [2.05, 4.69) is 41.8 Å². The van der Waals surface area contributed by atoms with Gasteiger partial charge in [-0.2, -0.15) is 0 Å². The van der Waals surface area contributed by atoms with Crippen molar-refractivity contribution in [1.82, 2.24) is 9.97 Å². The van der Waals surface area contributed by atoms with Gasteiger partial charge in [-0.1, -0.05) is 44.0 Å². The number of aromatic amines is 2. The maximum absolute atomic E-state index is 11.3. The van der Waals surface area contributed by atoms with Crippen LogP contribution in [0.4, 0.5) is 0 Å². The van der Waals surface area contributed by atoms with E-state index in [9.17, 15) is 9.90 Å². The number of benzene rings is 2. The van der Waals surface area contributed by atoms with Crippen molar-refractivity contribution in [2.24, 2.45) is 0 Å². The van der Waals surface area contributed by atoms with Crippen molar-refractivity contribution in [3.8, 4) is 0 Å². The fourth-order valence-electron chi connectivity index (χ4n) is 2.33. The molecule has 3 rings (SSSR count). The molecule has 108 valence electrons. The van der Waals surface area contributed by atoms with Crippen LogP contribution in [-0.4, -0.2) is 15.1 Å². The summed E-state index contributed by atoms with van der Waals surface area (Å²) in [6, 6.07) is 11.4. The highest BCUT2D eigenvalue weighted by molar-refractivity contribution is 9.10. The van der Waals surface area contributed by atoms with Crippen LogP contribution in [0.1, 0.15) is 17.2 Å². The first kappa shape index (κ1) is 14.6. The molecular formula is C15H12Br2N2O2. The zero-order chi connectivity index (χ0) is 15.0. The minimum atomic E-state index is -0.656. The predicted octanol–water partition coefficient (Wildman–Crippen LogP) is 3.66. The normalized spacial score (nSPS) is 12.7. The van der Waals surface area contributed by atoms with Crippen molar-refractivity contribution in [3.63, 3.8) is 0 Å². The number of aromatic nitrogens is 2. The molecule has 2 aromatic carbocycles. The number of aliphatic hydroxyl groups is 1. The fourth-order valence-corrected chi connectivity index (χ4v) is 3.38. The second-order valence-electron chi connectivity index (χ2n) is 4.85. The lowest BCUT2D eigenvalue weighted by atomic mass is 10.0. The summed E-state index contributed by atoms with van der Waals surface area (Å²) in [4.78, 5) is 16.7. The summed E-state index contributed by atoms with van der Waals surface area (Å²) in [6.45, 7) is 0. The summed E-state index contributed by atoms with van der Waals surface area (Å²) in [5, 5.41) is 10.5.